The summed E-state index contributed by atoms with van der Waals surface area (Å²) in [6, 6.07) is 3.84. The number of nitro groups is 1. The molecule has 1 aliphatic heterocycles. The largest absolute Gasteiger partial charge is 0.396 e. The highest BCUT2D eigenvalue weighted by Gasteiger charge is 2.37. The molecule has 1 saturated heterocycles. The molecular formula is C11H15N3O5S. The first-order valence-corrected chi connectivity index (χ1v) is 7.45. The van der Waals surface area contributed by atoms with Gasteiger partial charge in [-0.1, -0.05) is 6.07 Å². The van der Waals surface area contributed by atoms with Crippen molar-refractivity contribution < 1.29 is 18.4 Å². The number of rotatable bonds is 4. The predicted octanol–water partition coefficient (Wildman–Crippen LogP) is 0.180. The molecule has 1 atom stereocenters. The van der Waals surface area contributed by atoms with E-state index in [4.69, 9.17) is 10.8 Å². The summed E-state index contributed by atoms with van der Waals surface area (Å²) in [5, 5.41) is 20.1. The van der Waals surface area contributed by atoms with Gasteiger partial charge in [0.15, 0.2) is 4.90 Å². The van der Waals surface area contributed by atoms with Gasteiger partial charge >= 0.3 is 5.69 Å². The number of nitro benzene ring substituents is 1. The van der Waals surface area contributed by atoms with Crippen LogP contribution in [0.25, 0.3) is 0 Å². The zero-order chi connectivity index (χ0) is 14.9. The number of hydrogen-bond acceptors (Lipinski definition) is 6. The number of benzene rings is 1. The molecule has 20 heavy (non-hydrogen) atoms. The summed E-state index contributed by atoms with van der Waals surface area (Å²) in [5.41, 5.74) is 4.72. The van der Waals surface area contributed by atoms with Gasteiger partial charge in [0.2, 0.25) is 10.0 Å². The van der Waals surface area contributed by atoms with Crippen molar-refractivity contribution in [2.45, 2.75) is 11.3 Å². The Morgan fingerprint density at radius 1 is 1.50 bits per heavy atom. The number of para-hydroxylation sites is 1. The standard InChI is InChI=1S/C11H15N3O5S/c12-9-2-1-3-10(11(9)14(16)17)20(18,19)13-5-4-8(6-13)7-15/h1-3,8,15H,4-7,12H2. The van der Waals surface area contributed by atoms with E-state index >= 15 is 0 Å². The van der Waals surface area contributed by atoms with E-state index < -0.39 is 25.5 Å². The highest BCUT2D eigenvalue weighted by molar-refractivity contribution is 7.89. The van der Waals surface area contributed by atoms with E-state index in [2.05, 4.69) is 0 Å². The highest BCUT2D eigenvalue weighted by atomic mass is 32.2. The number of aliphatic hydroxyl groups is 1. The fourth-order valence-electron chi connectivity index (χ4n) is 2.25. The van der Waals surface area contributed by atoms with Crippen molar-refractivity contribution in [2.75, 3.05) is 25.4 Å². The number of anilines is 1. The smallest absolute Gasteiger partial charge is 0.312 e. The van der Waals surface area contributed by atoms with Crippen LogP contribution >= 0.6 is 0 Å². The van der Waals surface area contributed by atoms with Crippen LogP contribution in [0.1, 0.15) is 6.42 Å². The van der Waals surface area contributed by atoms with Gasteiger partial charge in [-0.3, -0.25) is 10.1 Å². The molecule has 1 heterocycles. The maximum Gasteiger partial charge on any atom is 0.312 e. The fraction of sp³-hybridized carbons (Fsp3) is 0.455. The Bertz CT molecular complexity index is 631. The van der Waals surface area contributed by atoms with Crippen molar-refractivity contribution >= 4 is 21.4 Å². The summed E-state index contributed by atoms with van der Waals surface area (Å²) in [4.78, 5) is 9.84. The van der Waals surface area contributed by atoms with Crippen molar-refractivity contribution in [1.29, 1.82) is 0 Å². The van der Waals surface area contributed by atoms with Crippen molar-refractivity contribution in [1.82, 2.24) is 4.31 Å². The van der Waals surface area contributed by atoms with Crippen LogP contribution in [0.2, 0.25) is 0 Å². The molecular weight excluding hydrogens is 286 g/mol. The van der Waals surface area contributed by atoms with Crippen molar-refractivity contribution in [3.63, 3.8) is 0 Å². The molecule has 1 aromatic rings. The molecule has 1 fully saturated rings. The molecule has 0 spiro atoms. The Labute approximate surface area is 116 Å². The second-order valence-corrected chi connectivity index (χ2v) is 6.56. The average molecular weight is 301 g/mol. The molecule has 0 aliphatic carbocycles. The Kier molecular flexibility index (Phi) is 3.93. The molecule has 1 aromatic carbocycles. The maximum atomic E-state index is 12.5. The third kappa shape index (κ3) is 2.47. The number of hydrogen-bond donors (Lipinski definition) is 2. The van der Waals surface area contributed by atoms with Crippen LogP contribution in [0.15, 0.2) is 23.1 Å². The van der Waals surface area contributed by atoms with Gasteiger partial charge in [0.1, 0.15) is 5.69 Å². The Hall–Kier alpha value is -1.71. The van der Waals surface area contributed by atoms with E-state index in [-0.39, 0.29) is 31.3 Å². The second kappa shape index (κ2) is 5.35. The first-order valence-electron chi connectivity index (χ1n) is 6.01. The molecule has 0 saturated carbocycles. The van der Waals surface area contributed by atoms with Crippen LogP contribution in [0.5, 0.6) is 0 Å². The number of nitrogens with two attached hydrogens (primary N) is 1. The minimum Gasteiger partial charge on any atom is -0.396 e. The van der Waals surface area contributed by atoms with E-state index in [1.807, 2.05) is 0 Å². The molecule has 0 amide bonds. The van der Waals surface area contributed by atoms with E-state index in [1.54, 1.807) is 0 Å². The molecule has 2 rings (SSSR count). The summed E-state index contributed by atoms with van der Waals surface area (Å²) in [5.74, 6) is -0.134. The lowest BCUT2D eigenvalue weighted by Crippen LogP contribution is -2.30. The van der Waals surface area contributed by atoms with E-state index in [1.165, 1.54) is 18.2 Å². The molecule has 110 valence electrons. The lowest BCUT2D eigenvalue weighted by Gasteiger charge is -2.16. The maximum absolute atomic E-state index is 12.5. The minimum atomic E-state index is -3.98. The summed E-state index contributed by atoms with van der Waals surface area (Å²) in [6.45, 7) is 0.287. The Morgan fingerprint density at radius 3 is 2.75 bits per heavy atom. The lowest BCUT2D eigenvalue weighted by molar-refractivity contribution is -0.386. The molecule has 1 aliphatic rings. The van der Waals surface area contributed by atoms with Crippen molar-refractivity contribution in [2.24, 2.45) is 5.92 Å². The van der Waals surface area contributed by atoms with Gasteiger partial charge in [-0.2, -0.15) is 4.31 Å². The summed E-state index contributed by atoms with van der Waals surface area (Å²) in [6.07, 6.45) is 0.534. The zero-order valence-corrected chi connectivity index (χ0v) is 11.4. The fourth-order valence-corrected chi connectivity index (χ4v) is 3.96. The Morgan fingerprint density at radius 2 is 2.20 bits per heavy atom. The first kappa shape index (κ1) is 14.7. The third-order valence-corrected chi connectivity index (χ3v) is 5.23. The lowest BCUT2D eigenvalue weighted by atomic mass is 10.1. The van der Waals surface area contributed by atoms with Crippen LogP contribution in [-0.4, -0.2) is 42.4 Å². The predicted molar refractivity (Wildman–Crippen MR) is 71.5 cm³/mol. The number of aliphatic hydroxyl groups excluding tert-OH is 1. The molecule has 0 bridgehead atoms. The Balaban J connectivity index is 2.46. The van der Waals surface area contributed by atoms with E-state index in [9.17, 15) is 18.5 Å². The van der Waals surface area contributed by atoms with Gasteiger partial charge in [-0.15, -0.1) is 0 Å². The number of nitrogen functional groups attached to an aromatic ring is 1. The third-order valence-electron chi connectivity index (χ3n) is 3.34. The van der Waals surface area contributed by atoms with Gasteiger partial charge in [-0.05, 0) is 24.5 Å². The van der Waals surface area contributed by atoms with Crippen molar-refractivity contribution in [3.8, 4) is 0 Å². The quantitative estimate of drug-likeness (QED) is 0.464. The summed E-state index contributed by atoms with van der Waals surface area (Å²) >= 11 is 0. The molecule has 3 N–H and O–H groups in total. The van der Waals surface area contributed by atoms with Crippen LogP contribution in [0, 0.1) is 16.0 Å². The van der Waals surface area contributed by atoms with Crippen molar-refractivity contribution in [3.05, 3.63) is 28.3 Å². The molecule has 8 nitrogen and oxygen atoms in total. The second-order valence-electron chi connectivity index (χ2n) is 4.65. The van der Waals surface area contributed by atoms with Gasteiger partial charge in [-0.25, -0.2) is 8.42 Å². The monoisotopic (exact) mass is 301 g/mol. The van der Waals surface area contributed by atoms with E-state index in [0.29, 0.717) is 6.42 Å². The molecule has 0 radical (unpaired) electrons. The summed E-state index contributed by atoms with van der Waals surface area (Å²) < 4.78 is 26.1. The highest BCUT2D eigenvalue weighted by Crippen LogP contribution is 2.33. The van der Waals surface area contributed by atoms with Gasteiger partial charge in [0.25, 0.3) is 0 Å². The normalized spacial score (nSPS) is 20.1. The minimum absolute atomic E-state index is 0.106. The molecule has 1 unspecified atom stereocenters. The van der Waals surface area contributed by atoms with Gasteiger partial charge < -0.3 is 10.8 Å². The SMILES string of the molecule is Nc1cccc(S(=O)(=O)N2CCC(CO)C2)c1[N+](=O)[O-]. The van der Waals surface area contributed by atoms with Gasteiger partial charge in [0, 0.05) is 19.7 Å². The van der Waals surface area contributed by atoms with Crippen LogP contribution < -0.4 is 5.73 Å². The zero-order valence-electron chi connectivity index (χ0n) is 10.6. The van der Waals surface area contributed by atoms with Crippen LogP contribution in [0.3, 0.4) is 0 Å². The molecule has 9 heteroatoms. The van der Waals surface area contributed by atoms with E-state index in [0.717, 1.165) is 4.31 Å². The first-order chi connectivity index (χ1) is 9.37. The van der Waals surface area contributed by atoms with Gasteiger partial charge in [0.05, 0.1) is 4.92 Å². The number of nitrogens with zero attached hydrogens (tertiary/aromatic N) is 2. The number of sulfonamides is 1. The average Bonchev–Trinajstić information content (AvgIpc) is 2.87. The molecule has 0 aromatic heterocycles. The van der Waals surface area contributed by atoms with Crippen LogP contribution in [-0.2, 0) is 10.0 Å². The van der Waals surface area contributed by atoms with Crippen LogP contribution in [0.4, 0.5) is 11.4 Å². The summed E-state index contributed by atoms with van der Waals surface area (Å²) in [7, 11) is -3.98. The topological polar surface area (TPSA) is 127 Å².